The van der Waals surface area contributed by atoms with Crippen LogP contribution < -0.4 is 0 Å². The van der Waals surface area contributed by atoms with Gasteiger partial charge in [-0.2, -0.15) is 0 Å². The van der Waals surface area contributed by atoms with Crippen molar-refractivity contribution in [3.63, 3.8) is 0 Å². The molecule has 238 valence electrons. The normalized spacial score (nSPS) is 12.5. The van der Waals surface area contributed by atoms with Crippen LogP contribution in [0, 0.1) is 0 Å². The van der Waals surface area contributed by atoms with E-state index in [9.17, 15) is 19.8 Å². The molecule has 0 aliphatic carbocycles. The Morgan fingerprint density at radius 2 is 1.00 bits per heavy atom. The quantitative estimate of drug-likeness (QED) is 0.142. The van der Waals surface area contributed by atoms with Crippen LogP contribution in [0.1, 0.15) is 191 Å². The van der Waals surface area contributed by atoms with Gasteiger partial charge >= 0.3 is 11.9 Å². The fourth-order valence-electron chi connectivity index (χ4n) is 5.26. The Morgan fingerprint density at radius 3 is 1.27 bits per heavy atom. The second-order valence-electron chi connectivity index (χ2n) is 13.8. The van der Waals surface area contributed by atoms with Crippen LogP contribution >= 0.6 is 0 Å². The van der Waals surface area contributed by atoms with Gasteiger partial charge < -0.3 is 15.3 Å². The number of carboxylic acid groups (broad SMARTS) is 2. The zero-order valence-corrected chi connectivity index (χ0v) is 27.9. The van der Waals surface area contributed by atoms with Crippen molar-refractivity contribution in [2.45, 2.75) is 175 Å². The Balaban J connectivity index is 0.00000292. The highest BCUT2D eigenvalue weighted by atomic mass is 16.4. The van der Waals surface area contributed by atoms with E-state index in [1.807, 2.05) is 0 Å². The summed E-state index contributed by atoms with van der Waals surface area (Å²) in [5, 5.41) is 28.0. The smallest absolute Gasteiger partial charge is 0.336 e. The number of hydrogen-bond acceptors (Lipinski definition) is 3. The van der Waals surface area contributed by atoms with Crippen LogP contribution in [0.4, 0.5) is 0 Å². The van der Waals surface area contributed by atoms with E-state index in [1.54, 1.807) is 6.92 Å². The van der Waals surface area contributed by atoms with Gasteiger partial charge in [0.2, 0.25) is 0 Å². The molecule has 0 aliphatic rings. The molecule has 3 N–H and O–H groups in total. The molecular weight excluding hydrogens is 512 g/mol. The standard InChI is InChI=1S/C33H58O3.C3H6O2/c1-8-9-10-11-12-13-14-15-16-17-18-19-20-21-22-26(25-34)27-23-28(32(2,3)4)30(31(35)36)29(24-27)33(5,6)7;1-2-3(4)5/h23-24,26,34H,8-22,25H2,1-7H3,(H,35,36);2H2,1H3,(H,4,5). The molecule has 1 atom stereocenters. The molecule has 41 heavy (non-hydrogen) atoms. The van der Waals surface area contributed by atoms with E-state index >= 15 is 0 Å². The van der Waals surface area contributed by atoms with Gasteiger partial charge in [0.25, 0.3) is 0 Å². The molecule has 0 radical (unpaired) electrons. The Labute approximate surface area is 252 Å². The topological polar surface area (TPSA) is 94.8 Å². The fourth-order valence-corrected chi connectivity index (χ4v) is 5.26. The zero-order valence-electron chi connectivity index (χ0n) is 27.9. The van der Waals surface area contributed by atoms with Gasteiger partial charge in [0.05, 0.1) is 5.56 Å². The number of hydrogen-bond donors (Lipinski definition) is 3. The molecule has 1 aromatic rings. The van der Waals surface area contributed by atoms with Gasteiger partial charge in [-0.15, -0.1) is 0 Å². The third-order valence-corrected chi connectivity index (χ3v) is 7.89. The minimum Gasteiger partial charge on any atom is -0.481 e. The number of aliphatic hydroxyl groups is 1. The first kappa shape index (κ1) is 39.1. The van der Waals surface area contributed by atoms with Gasteiger partial charge in [-0.05, 0) is 33.9 Å². The molecule has 0 bridgehead atoms. The van der Waals surface area contributed by atoms with Crippen molar-refractivity contribution in [1.29, 1.82) is 0 Å². The third-order valence-electron chi connectivity index (χ3n) is 7.89. The van der Waals surface area contributed by atoms with E-state index < -0.39 is 11.9 Å². The van der Waals surface area contributed by atoms with Crippen molar-refractivity contribution in [2.24, 2.45) is 0 Å². The molecular formula is C36H64O5. The first-order valence-corrected chi connectivity index (χ1v) is 16.4. The molecule has 0 amide bonds. The Hall–Kier alpha value is -1.88. The minimum absolute atomic E-state index is 0.0624. The number of unbranched alkanes of at least 4 members (excludes halogenated alkanes) is 13. The van der Waals surface area contributed by atoms with Gasteiger partial charge in [-0.3, -0.25) is 4.79 Å². The van der Waals surface area contributed by atoms with E-state index in [0.29, 0.717) is 5.56 Å². The number of benzene rings is 1. The maximum absolute atomic E-state index is 12.3. The molecule has 5 heteroatoms. The summed E-state index contributed by atoms with van der Waals surface area (Å²) in [7, 11) is 0. The molecule has 0 aliphatic heterocycles. The lowest BCUT2D eigenvalue weighted by molar-refractivity contribution is -0.136. The summed E-state index contributed by atoms with van der Waals surface area (Å²) in [5.74, 6) is -1.54. The summed E-state index contributed by atoms with van der Waals surface area (Å²) in [6.07, 6.45) is 20.0. The first-order valence-electron chi connectivity index (χ1n) is 16.4. The monoisotopic (exact) mass is 576 g/mol. The van der Waals surface area contributed by atoms with Crippen molar-refractivity contribution in [1.82, 2.24) is 0 Å². The summed E-state index contributed by atoms with van der Waals surface area (Å²) < 4.78 is 0. The maximum atomic E-state index is 12.3. The van der Waals surface area contributed by atoms with Crippen molar-refractivity contribution in [3.05, 3.63) is 34.4 Å². The molecule has 0 heterocycles. The molecule has 1 unspecified atom stereocenters. The van der Waals surface area contributed by atoms with E-state index in [2.05, 4.69) is 60.6 Å². The van der Waals surface area contributed by atoms with E-state index in [1.165, 1.54) is 83.5 Å². The van der Waals surface area contributed by atoms with Gasteiger partial charge in [0, 0.05) is 18.9 Å². The SMILES string of the molecule is CCC(=O)O.CCCCCCCCCCCCCCCCC(CO)c1cc(C(C)(C)C)c(C(=O)O)c(C(C)(C)C)c1. The lowest BCUT2D eigenvalue weighted by Crippen LogP contribution is -2.25. The number of carboxylic acids is 2. The number of aliphatic hydroxyl groups excluding tert-OH is 1. The predicted octanol–water partition coefficient (Wildman–Crippen LogP) is 10.4. The van der Waals surface area contributed by atoms with Crippen LogP contribution in [0.5, 0.6) is 0 Å². The van der Waals surface area contributed by atoms with Crippen molar-refractivity contribution >= 4 is 11.9 Å². The average Bonchev–Trinajstić information content (AvgIpc) is 2.89. The Kier molecular flexibility index (Phi) is 20.0. The molecule has 5 nitrogen and oxygen atoms in total. The van der Waals surface area contributed by atoms with Crippen molar-refractivity contribution in [2.75, 3.05) is 6.61 Å². The maximum Gasteiger partial charge on any atom is 0.336 e. The van der Waals surface area contributed by atoms with Crippen LogP contribution in [-0.2, 0) is 15.6 Å². The summed E-state index contributed by atoms with van der Waals surface area (Å²) in [5.41, 5.74) is 2.71. The van der Waals surface area contributed by atoms with Gasteiger partial charge in [0.1, 0.15) is 0 Å². The molecule has 1 aromatic carbocycles. The number of aromatic carboxylic acids is 1. The van der Waals surface area contributed by atoms with E-state index in [4.69, 9.17) is 5.11 Å². The van der Waals surface area contributed by atoms with Crippen LogP contribution in [-0.4, -0.2) is 33.9 Å². The van der Waals surface area contributed by atoms with E-state index in [-0.39, 0.29) is 29.8 Å². The molecule has 1 rings (SSSR count). The highest BCUT2D eigenvalue weighted by molar-refractivity contribution is 5.92. The van der Waals surface area contributed by atoms with Crippen LogP contribution in [0.3, 0.4) is 0 Å². The summed E-state index contributed by atoms with van der Waals surface area (Å²) >= 11 is 0. The van der Waals surface area contributed by atoms with E-state index in [0.717, 1.165) is 29.5 Å². The largest absolute Gasteiger partial charge is 0.481 e. The van der Waals surface area contributed by atoms with Crippen molar-refractivity contribution < 1.29 is 24.9 Å². The van der Waals surface area contributed by atoms with Crippen LogP contribution in [0.15, 0.2) is 12.1 Å². The minimum atomic E-state index is -0.857. The molecule has 0 spiro atoms. The molecule has 0 saturated heterocycles. The molecule has 0 fully saturated rings. The first-order chi connectivity index (χ1) is 19.2. The third kappa shape index (κ3) is 17.0. The lowest BCUT2D eigenvalue weighted by Gasteiger charge is -2.30. The molecule has 0 aromatic heterocycles. The number of rotatable bonds is 19. The van der Waals surface area contributed by atoms with Gasteiger partial charge in [-0.1, -0.05) is 157 Å². The fraction of sp³-hybridized carbons (Fsp3) is 0.778. The lowest BCUT2D eigenvalue weighted by atomic mass is 9.74. The van der Waals surface area contributed by atoms with Crippen molar-refractivity contribution in [3.8, 4) is 0 Å². The van der Waals surface area contributed by atoms with Crippen LogP contribution in [0.25, 0.3) is 0 Å². The second-order valence-corrected chi connectivity index (χ2v) is 13.8. The summed E-state index contributed by atoms with van der Waals surface area (Å²) in [4.78, 5) is 21.6. The van der Waals surface area contributed by atoms with Crippen LogP contribution in [0.2, 0.25) is 0 Å². The molecule has 0 saturated carbocycles. The zero-order chi connectivity index (χ0) is 31.5. The average molecular weight is 577 g/mol. The Morgan fingerprint density at radius 1 is 0.659 bits per heavy atom. The number of carbonyl (C=O) groups is 2. The summed E-state index contributed by atoms with van der Waals surface area (Å²) in [6.45, 7) is 16.4. The highest BCUT2D eigenvalue weighted by Gasteiger charge is 2.31. The van der Waals surface area contributed by atoms with Gasteiger partial charge in [-0.25, -0.2) is 4.79 Å². The Bertz CT molecular complexity index is 825. The highest BCUT2D eigenvalue weighted by Crippen LogP contribution is 2.38. The summed E-state index contributed by atoms with van der Waals surface area (Å²) in [6, 6.07) is 4.12. The second kappa shape index (κ2) is 20.9. The van der Waals surface area contributed by atoms with Gasteiger partial charge in [0.15, 0.2) is 0 Å². The number of aliphatic carboxylic acids is 1. The predicted molar refractivity (Wildman–Crippen MR) is 173 cm³/mol.